The van der Waals surface area contributed by atoms with Gasteiger partial charge < -0.3 is 10.0 Å². The average Bonchev–Trinajstić information content (AvgIpc) is 3.33. The normalized spacial score (nSPS) is 30.7. The number of carbonyl (C=O) groups is 2. The highest BCUT2D eigenvalue weighted by Crippen LogP contribution is 2.48. The second-order valence-corrected chi connectivity index (χ2v) is 8.98. The number of fused-ring (bicyclic) bond motifs is 1. The highest BCUT2D eigenvalue weighted by atomic mass is 16.3. The third-order valence-corrected chi connectivity index (χ3v) is 6.83. The zero-order valence-electron chi connectivity index (χ0n) is 16.9. The highest BCUT2D eigenvalue weighted by molar-refractivity contribution is 5.91. The van der Waals surface area contributed by atoms with Gasteiger partial charge in [-0.3, -0.25) is 9.59 Å². The predicted octanol–water partition coefficient (Wildman–Crippen LogP) is 3.89. The van der Waals surface area contributed by atoms with Crippen LogP contribution in [0.15, 0.2) is 23.8 Å². The van der Waals surface area contributed by atoms with Crippen LogP contribution in [-0.4, -0.2) is 41.9 Å². The largest absolute Gasteiger partial charge is 0.392 e. The van der Waals surface area contributed by atoms with Gasteiger partial charge in [0.2, 0.25) is 5.91 Å². The van der Waals surface area contributed by atoms with Crippen molar-refractivity contribution < 1.29 is 14.7 Å². The molecule has 0 aromatic carbocycles. The van der Waals surface area contributed by atoms with Crippen LogP contribution in [0.25, 0.3) is 0 Å². The molecule has 27 heavy (non-hydrogen) atoms. The van der Waals surface area contributed by atoms with Crippen LogP contribution >= 0.6 is 0 Å². The van der Waals surface area contributed by atoms with Gasteiger partial charge in [-0.1, -0.05) is 30.6 Å². The molecule has 3 aliphatic rings. The Labute approximate surface area is 163 Å². The van der Waals surface area contributed by atoms with Gasteiger partial charge >= 0.3 is 0 Å². The molecule has 2 fully saturated rings. The third-order valence-electron chi connectivity index (χ3n) is 6.83. The molecule has 1 N–H and O–H groups in total. The third kappa shape index (κ3) is 5.10. The molecule has 4 nitrogen and oxygen atoms in total. The van der Waals surface area contributed by atoms with E-state index in [1.807, 2.05) is 6.08 Å². The Morgan fingerprint density at radius 3 is 2.67 bits per heavy atom. The van der Waals surface area contributed by atoms with E-state index in [0.717, 1.165) is 44.9 Å². The summed E-state index contributed by atoms with van der Waals surface area (Å²) < 4.78 is 0. The Balaban J connectivity index is 1.46. The van der Waals surface area contributed by atoms with Gasteiger partial charge in [0.05, 0.1) is 6.10 Å². The monoisotopic (exact) mass is 373 g/mol. The SMILES string of the molecule is CN(C)C(=O)CCCCC1=C[C@H]2C[C@@H](O)[C@H](/C=C/C(=O)C3CCCC3)[C@H]2C1. The summed E-state index contributed by atoms with van der Waals surface area (Å²) in [5.74, 6) is 1.70. The first-order chi connectivity index (χ1) is 13.0. The molecule has 0 heterocycles. The first-order valence-corrected chi connectivity index (χ1v) is 10.8. The van der Waals surface area contributed by atoms with Crippen LogP contribution in [0.5, 0.6) is 0 Å². The number of ketones is 1. The molecule has 4 heteroatoms. The molecule has 3 aliphatic carbocycles. The molecule has 0 spiro atoms. The maximum atomic E-state index is 12.3. The van der Waals surface area contributed by atoms with Crippen molar-refractivity contribution in [3.8, 4) is 0 Å². The van der Waals surface area contributed by atoms with Crippen LogP contribution in [0.2, 0.25) is 0 Å². The zero-order valence-corrected chi connectivity index (χ0v) is 16.9. The maximum Gasteiger partial charge on any atom is 0.222 e. The maximum absolute atomic E-state index is 12.3. The van der Waals surface area contributed by atoms with Crippen LogP contribution in [0, 0.1) is 23.7 Å². The number of hydrogen-bond donors (Lipinski definition) is 1. The van der Waals surface area contributed by atoms with E-state index in [1.165, 1.54) is 18.4 Å². The molecule has 0 saturated heterocycles. The zero-order chi connectivity index (χ0) is 19.4. The van der Waals surface area contributed by atoms with Crippen molar-refractivity contribution >= 4 is 11.7 Å². The topological polar surface area (TPSA) is 57.6 Å². The Morgan fingerprint density at radius 2 is 1.96 bits per heavy atom. The van der Waals surface area contributed by atoms with Gasteiger partial charge in [0.1, 0.15) is 0 Å². The number of carbonyl (C=O) groups excluding carboxylic acids is 2. The molecule has 0 aromatic heterocycles. The van der Waals surface area contributed by atoms with E-state index in [-0.39, 0.29) is 29.6 Å². The number of aliphatic hydroxyl groups is 1. The fourth-order valence-corrected chi connectivity index (χ4v) is 5.19. The van der Waals surface area contributed by atoms with Gasteiger partial charge in [-0.15, -0.1) is 0 Å². The van der Waals surface area contributed by atoms with Crippen LogP contribution in [0.3, 0.4) is 0 Å². The van der Waals surface area contributed by atoms with Crippen molar-refractivity contribution in [2.45, 2.75) is 70.3 Å². The van der Waals surface area contributed by atoms with E-state index in [9.17, 15) is 14.7 Å². The summed E-state index contributed by atoms with van der Waals surface area (Å²) in [7, 11) is 3.61. The average molecular weight is 374 g/mol. The Bertz CT molecular complexity index is 601. The van der Waals surface area contributed by atoms with Gasteiger partial charge in [-0.25, -0.2) is 0 Å². The van der Waals surface area contributed by atoms with Crippen LogP contribution in [-0.2, 0) is 9.59 Å². The number of aliphatic hydroxyl groups excluding tert-OH is 1. The van der Waals surface area contributed by atoms with Crippen molar-refractivity contribution in [3.63, 3.8) is 0 Å². The summed E-state index contributed by atoms with van der Waals surface area (Å²) >= 11 is 0. The quantitative estimate of drug-likeness (QED) is 0.399. The highest BCUT2D eigenvalue weighted by Gasteiger charge is 2.43. The minimum absolute atomic E-state index is 0.115. The summed E-state index contributed by atoms with van der Waals surface area (Å²) in [5, 5.41) is 10.5. The second-order valence-electron chi connectivity index (χ2n) is 8.98. The molecule has 4 atom stereocenters. The summed E-state index contributed by atoms with van der Waals surface area (Å²) in [6, 6.07) is 0. The summed E-state index contributed by atoms with van der Waals surface area (Å²) in [5.41, 5.74) is 1.48. The smallest absolute Gasteiger partial charge is 0.222 e. The van der Waals surface area contributed by atoms with E-state index in [0.29, 0.717) is 18.3 Å². The van der Waals surface area contributed by atoms with Gasteiger partial charge in [0, 0.05) is 32.4 Å². The lowest BCUT2D eigenvalue weighted by Crippen LogP contribution is -2.21. The minimum Gasteiger partial charge on any atom is -0.392 e. The number of hydrogen-bond acceptors (Lipinski definition) is 3. The molecular formula is C23H35NO3. The molecule has 0 unspecified atom stereocenters. The van der Waals surface area contributed by atoms with E-state index in [4.69, 9.17) is 0 Å². The van der Waals surface area contributed by atoms with Crippen molar-refractivity contribution in [1.29, 1.82) is 0 Å². The standard InChI is InChI=1S/C23H35NO3/c1-24(2)23(27)10-6-3-7-16-13-18-15-22(26)19(20(18)14-16)11-12-21(25)17-8-4-5-9-17/h11-13,17-20,22,26H,3-10,14-15H2,1-2H3/b12-11+/t18-,19+,20-,22+/m0/s1. The number of rotatable bonds is 8. The number of nitrogens with zero attached hydrogens (tertiary/aromatic N) is 1. The van der Waals surface area contributed by atoms with Crippen molar-refractivity contribution in [2.24, 2.45) is 23.7 Å². The van der Waals surface area contributed by atoms with Crippen molar-refractivity contribution in [1.82, 2.24) is 4.90 Å². The predicted molar refractivity (Wildman–Crippen MR) is 107 cm³/mol. The molecule has 3 rings (SSSR count). The molecular weight excluding hydrogens is 338 g/mol. The molecule has 0 radical (unpaired) electrons. The van der Waals surface area contributed by atoms with Gasteiger partial charge in [-0.2, -0.15) is 0 Å². The minimum atomic E-state index is -0.317. The van der Waals surface area contributed by atoms with Crippen LogP contribution < -0.4 is 0 Å². The second kappa shape index (κ2) is 9.18. The molecule has 0 aliphatic heterocycles. The summed E-state index contributed by atoms with van der Waals surface area (Å²) in [4.78, 5) is 25.6. The Kier molecular flexibility index (Phi) is 6.91. The first-order valence-electron chi connectivity index (χ1n) is 10.8. The van der Waals surface area contributed by atoms with Crippen molar-refractivity contribution in [3.05, 3.63) is 23.8 Å². The molecule has 1 amide bonds. The van der Waals surface area contributed by atoms with E-state index in [2.05, 4.69) is 6.08 Å². The fraction of sp³-hybridized carbons (Fsp3) is 0.739. The summed E-state index contributed by atoms with van der Waals surface area (Å²) in [6.07, 6.45) is 15.8. The van der Waals surface area contributed by atoms with Crippen LogP contribution in [0.4, 0.5) is 0 Å². The van der Waals surface area contributed by atoms with Gasteiger partial charge in [0.15, 0.2) is 5.78 Å². The molecule has 2 saturated carbocycles. The summed E-state index contributed by atoms with van der Waals surface area (Å²) in [6.45, 7) is 0. The lowest BCUT2D eigenvalue weighted by Gasteiger charge is -2.18. The Morgan fingerprint density at radius 1 is 1.22 bits per heavy atom. The molecule has 0 aromatic rings. The van der Waals surface area contributed by atoms with Gasteiger partial charge in [-0.05, 0) is 62.9 Å². The molecule has 150 valence electrons. The number of unbranched alkanes of at least 4 members (excludes halogenated alkanes) is 1. The van der Waals surface area contributed by atoms with E-state index < -0.39 is 0 Å². The fourth-order valence-electron chi connectivity index (χ4n) is 5.19. The number of amides is 1. The van der Waals surface area contributed by atoms with Crippen LogP contribution in [0.1, 0.15) is 64.2 Å². The number of allylic oxidation sites excluding steroid dienone is 3. The Hall–Kier alpha value is -1.42. The lowest BCUT2D eigenvalue weighted by molar-refractivity contribution is -0.128. The van der Waals surface area contributed by atoms with E-state index >= 15 is 0 Å². The van der Waals surface area contributed by atoms with Gasteiger partial charge in [0.25, 0.3) is 0 Å². The lowest BCUT2D eigenvalue weighted by atomic mass is 9.88. The van der Waals surface area contributed by atoms with E-state index in [1.54, 1.807) is 25.1 Å². The molecule has 0 bridgehead atoms. The first kappa shape index (κ1) is 20.3. The van der Waals surface area contributed by atoms with Crippen molar-refractivity contribution in [2.75, 3.05) is 14.1 Å².